The minimum atomic E-state index is 0.779. The predicted molar refractivity (Wildman–Crippen MR) is 85.3 cm³/mol. The summed E-state index contributed by atoms with van der Waals surface area (Å²) in [7, 11) is 0. The number of thioether (sulfide) groups is 1. The SMILES string of the molecule is CCSCCC1CC(C)CCC1CNCC(C)C. The van der Waals surface area contributed by atoms with Gasteiger partial charge in [-0.05, 0) is 67.5 Å². The molecule has 1 aliphatic carbocycles. The molecule has 0 heterocycles. The Morgan fingerprint density at radius 1 is 1.22 bits per heavy atom. The van der Waals surface area contributed by atoms with E-state index in [1.807, 2.05) is 0 Å². The van der Waals surface area contributed by atoms with Gasteiger partial charge in [0.1, 0.15) is 0 Å². The predicted octanol–water partition coefficient (Wildman–Crippen LogP) is 4.43. The number of hydrogen-bond acceptors (Lipinski definition) is 2. The molecule has 3 atom stereocenters. The molecule has 0 aliphatic heterocycles. The van der Waals surface area contributed by atoms with Crippen molar-refractivity contribution in [3.8, 4) is 0 Å². The Labute approximate surface area is 119 Å². The van der Waals surface area contributed by atoms with Crippen LogP contribution in [-0.2, 0) is 0 Å². The normalized spacial score (nSPS) is 28.8. The molecule has 0 aromatic rings. The van der Waals surface area contributed by atoms with Crippen LogP contribution in [-0.4, -0.2) is 24.6 Å². The molecule has 1 nitrogen and oxygen atoms in total. The molecule has 0 aromatic carbocycles. The van der Waals surface area contributed by atoms with E-state index in [-0.39, 0.29) is 0 Å². The number of rotatable bonds is 8. The summed E-state index contributed by atoms with van der Waals surface area (Å²) in [5.74, 6) is 6.31. The van der Waals surface area contributed by atoms with Gasteiger partial charge in [-0.15, -0.1) is 0 Å². The van der Waals surface area contributed by atoms with Crippen LogP contribution in [0.3, 0.4) is 0 Å². The molecule has 1 N–H and O–H groups in total. The van der Waals surface area contributed by atoms with Gasteiger partial charge in [0.05, 0.1) is 0 Å². The first-order chi connectivity index (χ1) is 8.63. The molecule has 1 saturated carbocycles. The lowest BCUT2D eigenvalue weighted by Crippen LogP contribution is -2.34. The minimum Gasteiger partial charge on any atom is -0.316 e. The molecule has 3 unspecified atom stereocenters. The molecule has 18 heavy (non-hydrogen) atoms. The Bertz CT molecular complexity index is 205. The van der Waals surface area contributed by atoms with Crippen LogP contribution in [0, 0.1) is 23.7 Å². The van der Waals surface area contributed by atoms with E-state index in [2.05, 4.69) is 44.8 Å². The maximum atomic E-state index is 3.68. The van der Waals surface area contributed by atoms with Gasteiger partial charge in [0, 0.05) is 0 Å². The Hall–Kier alpha value is 0.310. The van der Waals surface area contributed by atoms with Crippen LogP contribution in [0.1, 0.15) is 53.4 Å². The molecule has 0 saturated heterocycles. The molecular formula is C16H33NS. The van der Waals surface area contributed by atoms with Gasteiger partial charge in [0.15, 0.2) is 0 Å². The molecule has 2 heteroatoms. The van der Waals surface area contributed by atoms with Crippen molar-refractivity contribution in [1.29, 1.82) is 0 Å². The summed E-state index contributed by atoms with van der Waals surface area (Å²) in [5.41, 5.74) is 0. The van der Waals surface area contributed by atoms with Crippen LogP contribution in [0.2, 0.25) is 0 Å². The first-order valence-electron chi connectivity index (χ1n) is 7.91. The van der Waals surface area contributed by atoms with Gasteiger partial charge in [0.25, 0.3) is 0 Å². The van der Waals surface area contributed by atoms with E-state index < -0.39 is 0 Å². The number of nitrogens with one attached hydrogen (secondary N) is 1. The van der Waals surface area contributed by atoms with Gasteiger partial charge in [-0.1, -0.05) is 34.1 Å². The van der Waals surface area contributed by atoms with Crippen molar-refractivity contribution in [3.05, 3.63) is 0 Å². The van der Waals surface area contributed by atoms with Gasteiger partial charge < -0.3 is 5.32 Å². The highest BCUT2D eigenvalue weighted by atomic mass is 32.2. The van der Waals surface area contributed by atoms with E-state index in [1.54, 1.807) is 0 Å². The third-order valence-corrected chi connectivity index (χ3v) is 5.13. The van der Waals surface area contributed by atoms with Crippen LogP contribution in [0.4, 0.5) is 0 Å². The molecule has 0 spiro atoms. The molecule has 0 amide bonds. The van der Waals surface area contributed by atoms with Crippen LogP contribution in [0.15, 0.2) is 0 Å². The fourth-order valence-electron chi connectivity index (χ4n) is 3.12. The molecule has 1 fully saturated rings. The monoisotopic (exact) mass is 271 g/mol. The summed E-state index contributed by atoms with van der Waals surface area (Å²) in [6.45, 7) is 11.7. The Kier molecular flexibility index (Phi) is 8.41. The second kappa shape index (κ2) is 9.25. The zero-order chi connectivity index (χ0) is 13.4. The van der Waals surface area contributed by atoms with Gasteiger partial charge >= 0.3 is 0 Å². The third-order valence-electron chi connectivity index (χ3n) is 4.20. The van der Waals surface area contributed by atoms with Crippen molar-refractivity contribution in [2.24, 2.45) is 23.7 Å². The maximum Gasteiger partial charge on any atom is -0.00177 e. The Balaban J connectivity index is 2.30. The standard InChI is InChI=1S/C16H33NS/c1-5-18-9-8-15-10-14(4)6-7-16(15)12-17-11-13(2)3/h13-17H,5-12H2,1-4H3. The zero-order valence-corrected chi connectivity index (χ0v) is 13.7. The van der Waals surface area contributed by atoms with Gasteiger partial charge in [0.2, 0.25) is 0 Å². The second-order valence-electron chi connectivity index (χ2n) is 6.48. The van der Waals surface area contributed by atoms with Gasteiger partial charge in [-0.3, -0.25) is 0 Å². The van der Waals surface area contributed by atoms with Crippen molar-refractivity contribution >= 4 is 11.8 Å². The van der Waals surface area contributed by atoms with Crippen molar-refractivity contribution in [2.45, 2.75) is 53.4 Å². The van der Waals surface area contributed by atoms with Crippen LogP contribution >= 0.6 is 11.8 Å². The van der Waals surface area contributed by atoms with Crippen molar-refractivity contribution in [3.63, 3.8) is 0 Å². The molecule has 108 valence electrons. The highest BCUT2D eigenvalue weighted by Crippen LogP contribution is 2.36. The first-order valence-corrected chi connectivity index (χ1v) is 9.07. The highest BCUT2D eigenvalue weighted by Gasteiger charge is 2.27. The quantitative estimate of drug-likeness (QED) is 0.656. The average Bonchev–Trinajstić information content (AvgIpc) is 2.32. The molecule has 0 aromatic heterocycles. The van der Waals surface area contributed by atoms with Crippen molar-refractivity contribution < 1.29 is 0 Å². The summed E-state index contributed by atoms with van der Waals surface area (Å²) in [4.78, 5) is 0. The molecule has 1 rings (SSSR count). The molecule has 0 bridgehead atoms. The zero-order valence-electron chi connectivity index (χ0n) is 12.9. The average molecular weight is 272 g/mol. The summed E-state index contributed by atoms with van der Waals surface area (Å²) < 4.78 is 0. The van der Waals surface area contributed by atoms with E-state index in [0.717, 1.165) is 23.7 Å². The second-order valence-corrected chi connectivity index (χ2v) is 7.87. The lowest BCUT2D eigenvalue weighted by molar-refractivity contribution is 0.180. The summed E-state index contributed by atoms with van der Waals surface area (Å²) >= 11 is 2.11. The number of hydrogen-bond donors (Lipinski definition) is 1. The van der Waals surface area contributed by atoms with E-state index >= 15 is 0 Å². The summed E-state index contributed by atoms with van der Waals surface area (Å²) in [6, 6.07) is 0. The smallest absolute Gasteiger partial charge is 0.00177 e. The Morgan fingerprint density at radius 3 is 2.67 bits per heavy atom. The van der Waals surface area contributed by atoms with Gasteiger partial charge in [-0.2, -0.15) is 11.8 Å². The van der Waals surface area contributed by atoms with E-state index in [4.69, 9.17) is 0 Å². The van der Waals surface area contributed by atoms with Gasteiger partial charge in [-0.25, -0.2) is 0 Å². The lowest BCUT2D eigenvalue weighted by Gasteiger charge is -2.35. The van der Waals surface area contributed by atoms with Crippen LogP contribution < -0.4 is 5.32 Å². The fraction of sp³-hybridized carbons (Fsp3) is 1.00. The molecular weight excluding hydrogens is 238 g/mol. The third kappa shape index (κ3) is 6.47. The topological polar surface area (TPSA) is 12.0 Å². The van der Waals surface area contributed by atoms with E-state index in [9.17, 15) is 0 Å². The van der Waals surface area contributed by atoms with Crippen LogP contribution in [0.5, 0.6) is 0 Å². The highest BCUT2D eigenvalue weighted by molar-refractivity contribution is 7.99. The lowest BCUT2D eigenvalue weighted by atomic mass is 9.73. The van der Waals surface area contributed by atoms with Crippen molar-refractivity contribution in [1.82, 2.24) is 5.32 Å². The summed E-state index contributed by atoms with van der Waals surface area (Å²) in [5, 5.41) is 3.68. The largest absolute Gasteiger partial charge is 0.316 e. The minimum absolute atomic E-state index is 0.779. The summed E-state index contributed by atoms with van der Waals surface area (Å²) in [6.07, 6.45) is 5.81. The molecule has 1 aliphatic rings. The Morgan fingerprint density at radius 2 is 2.00 bits per heavy atom. The van der Waals surface area contributed by atoms with E-state index in [1.165, 1.54) is 50.3 Å². The van der Waals surface area contributed by atoms with E-state index in [0.29, 0.717) is 0 Å². The van der Waals surface area contributed by atoms with Crippen LogP contribution in [0.25, 0.3) is 0 Å². The molecule has 0 radical (unpaired) electrons. The first kappa shape index (κ1) is 16.4. The fourth-order valence-corrected chi connectivity index (χ4v) is 3.88. The maximum absolute atomic E-state index is 3.68. The van der Waals surface area contributed by atoms with Crippen molar-refractivity contribution in [2.75, 3.05) is 24.6 Å².